The van der Waals surface area contributed by atoms with Crippen molar-refractivity contribution in [1.29, 1.82) is 0 Å². The van der Waals surface area contributed by atoms with Crippen molar-refractivity contribution < 1.29 is 0 Å². The fraction of sp³-hybridized carbons (Fsp3) is 1.00. The van der Waals surface area contributed by atoms with E-state index in [0.29, 0.717) is 17.2 Å². The quantitative estimate of drug-likeness (QED) is 0.659. The summed E-state index contributed by atoms with van der Waals surface area (Å²) >= 11 is 0. The lowest BCUT2D eigenvalue weighted by molar-refractivity contribution is 0.0166. The van der Waals surface area contributed by atoms with Crippen LogP contribution in [0.4, 0.5) is 0 Å². The van der Waals surface area contributed by atoms with Crippen molar-refractivity contribution in [3.05, 3.63) is 0 Å². The Morgan fingerprint density at radius 1 is 0.867 bits per heavy atom. The summed E-state index contributed by atoms with van der Waals surface area (Å²) in [7, 11) is 0. The molecule has 0 aromatic rings. The molecule has 0 unspecified atom stereocenters. The first-order chi connectivity index (χ1) is 6.68. The van der Waals surface area contributed by atoms with E-state index in [1.165, 1.54) is 19.5 Å². The van der Waals surface area contributed by atoms with E-state index < -0.39 is 0 Å². The van der Waals surface area contributed by atoms with E-state index in [1.54, 1.807) is 0 Å². The van der Waals surface area contributed by atoms with E-state index in [2.05, 4.69) is 58.3 Å². The summed E-state index contributed by atoms with van der Waals surface area (Å²) in [4.78, 5) is 5.27. The average Bonchev–Trinajstić information content (AvgIpc) is 2.43. The summed E-state index contributed by atoms with van der Waals surface area (Å²) in [5.74, 6) is 0. The number of nitrogens with zero attached hydrogens (tertiary/aromatic N) is 2. The largest absolute Gasteiger partial charge is 0.282 e. The SMILES string of the molecule is CCC1N(C(C)(C)C)CCN1C(C)(C)C. The minimum absolute atomic E-state index is 0.292. The molecule has 0 atom stereocenters. The maximum absolute atomic E-state index is 2.64. The van der Waals surface area contributed by atoms with Gasteiger partial charge in [0, 0.05) is 24.2 Å². The van der Waals surface area contributed by atoms with Gasteiger partial charge >= 0.3 is 0 Å². The van der Waals surface area contributed by atoms with Gasteiger partial charge in [0.25, 0.3) is 0 Å². The van der Waals surface area contributed by atoms with Crippen LogP contribution in [0.15, 0.2) is 0 Å². The van der Waals surface area contributed by atoms with E-state index in [9.17, 15) is 0 Å². The van der Waals surface area contributed by atoms with Crippen molar-refractivity contribution in [2.75, 3.05) is 13.1 Å². The molecule has 0 aromatic carbocycles. The summed E-state index contributed by atoms with van der Waals surface area (Å²) in [5.41, 5.74) is 0.585. The monoisotopic (exact) mass is 212 g/mol. The van der Waals surface area contributed by atoms with Gasteiger partial charge in [-0.25, -0.2) is 0 Å². The minimum Gasteiger partial charge on any atom is -0.282 e. The molecule has 0 N–H and O–H groups in total. The fourth-order valence-electron chi connectivity index (χ4n) is 2.69. The van der Waals surface area contributed by atoms with Crippen molar-refractivity contribution in [3.63, 3.8) is 0 Å². The van der Waals surface area contributed by atoms with E-state index in [0.717, 1.165) is 0 Å². The summed E-state index contributed by atoms with van der Waals surface area (Å²) < 4.78 is 0. The molecule has 1 aliphatic rings. The molecule has 2 nitrogen and oxygen atoms in total. The second-order valence-corrected chi connectivity index (χ2v) is 6.62. The molecule has 1 rings (SSSR count). The Morgan fingerprint density at radius 3 is 1.40 bits per heavy atom. The highest BCUT2D eigenvalue weighted by Crippen LogP contribution is 2.31. The first-order valence-corrected chi connectivity index (χ1v) is 6.21. The van der Waals surface area contributed by atoms with Gasteiger partial charge < -0.3 is 0 Å². The molecule has 0 radical (unpaired) electrons. The first-order valence-electron chi connectivity index (χ1n) is 6.21. The van der Waals surface area contributed by atoms with Crippen molar-refractivity contribution in [1.82, 2.24) is 9.80 Å². The van der Waals surface area contributed by atoms with Crippen LogP contribution in [0, 0.1) is 0 Å². The average molecular weight is 212 g/mol. The first kappa shape index (κ1) is 13.0. The van der Waals surface area contributed by atoms with Gasteiger partial charge in [0.2, 0.25) is 0 Å². The molecule has 90 valence electrons. The zero-order valence-corrected chi connectivity index (χ0v) is 11.6. The van der Waals surface area contributed by atoms with Crippen molar-refractivity contribution in [3.8, 4) is 0 Å². The van der Waals surface area contributed by atoms with Crippen LogP contribution in [0.25, 0.3) is 0 Å². The zero-order valence-electron chi connectivity index (χ0n) is 11.6. The zero-order chi connectivity index (χ0) is 11.9. The molecule has 0 spiro atoms. The molecule has 0 aromatic heterocycles. The normalized spacial score (nSPS) is 22.6. The van der Waals surface area contributed by atoms with E-state index >= 15 is 0 Å². The van der Waals surface area contributed by atoms with Gasteiger partial charge in [0.15, 0.2) is 0 Å². The van der Waals surface area contributed by atoms with Gasteiger partial charge in [0.1, 0.15) is 0 Å². The van der Waals surface area contributed by atoms with Gasteiger partial charge in [-0.3, -0.25) is 9.80 Å². The number of hydrogen-bond donors (Lipinski definition) is 0. The summed E-state index contributed by atoms with van der Waals surface area (Å²) in [5, 5.41) is 0. The van der Waals surface area contributed by atoms with Gasteiger partial charge in [-0.05, 0) is 48.0 Å². The Labute approximate surface area is 95.6 Å². The second-order valence-electron chi connectivity index (χ2n) is 6.62. The van der Waals surface area contributed by atoms with Crippen LogP contribution in [0.2, 0.25) is 0 Å². The maximum Gasteiger partial charge on any atom is 0.0629 e. The van der Waals surface area contributed by atoms with Gasteiger partial charge in [-0.2, -0.15) is 0 Å². The lowest BCUT2D eigenvalue weighted by Gasteiger charge is -2.43. The van der Waals surface area contributed by atoms with Gasteiger partial charge in [-0.1, -0.05) is 6.92 Å². The highest BCUT2D eigenvalue weighted by atomic mass is 15.5. The fourth-order valence-corrected chi connectivity index (χ4v) is 2.69. The smallest absolute Gasteiger partial charge is 0.0629 e. The summed E-state index contributed by atoms with van der Waals surface area (Å²) in [6.07, 6.45) is 1.83. The Morgan fingerprint density at radius 2 is 1.20 bits per heavy atom. The standard InChI is InChI=1S/C13H28N2/c1-8-11-14(12(2,3)4)9-10-15(11)13(5,6)7/h11H,8-10H2,1-7H3. The molecule has 1 saturated heterocycles. The predicted octanol–water partition coefficient (Wildman–Crippen LogP) is 2.94. The molecule has 0 saturated carbocycles. The van der Waals surface area contributed by atoms with E-state index in [4.69, 9.17) is 0 Å². The Hall–Kier alpha value is -0.0800. The van der Waals surface area contributed by atoms with Crippen LogP contribution in [-0.2, 0) is 0 Å². The van der Waals surface area contributed by atoms with Gasteiger partial charge in [-0.15, -0.1) is 0 Å². The molecule has 2 heteroatoms. The summed E-state index contributed by atoms with van der Waals surface area (Å²) in [6.45, 7) is 18.6. The van der Waals surface area contributed by atoms with Crippen LogP contribution < -0.4 is 0 Å². The number of rotatable bonds is 1. The van der Waals surface area contributed by atoms with Crippen LogP contribution in [0.5, 0.6) is 0 Å². The van der Waals surface area contributed by atoms with Crippen molar-refractivity contribution >= 4 is 0 Å². The minimum atomic E-state index is 0.292. The van der Waals surface area contributed by atoms with E-state index in [-0.39, 0.29) is 0 Å². The Kier molecular flexibility index (Phi) is 3.52. The molecule has 15 heavy (non-hydrogen) atoms. The van der Waals surface area contributed by atoms with Crippen LogP contribution in [0.1, 0.15) is 54.9 Å². The summed E-state index contributed by atoms with van der Waals surface area (Å²) in [6, 6.07) is 0. The Balaban J connectivity index is 2.83. The van der Waals surface area contributed by atoms with Gasteiger partial charge in [0.05, 0.1) is 6.17 Å². The van der Waals surface area contributed by atoms with Crippen LogP contribution in [-0.4, -0.2) is 40.1 Å². The van der Waals surface area contributed by atoms with E-state index in [1.807, 2.05) is 0 Å². The highest BCUT2D eigenvalue weighted by Gasteiger charge is 2.41. The highest BCUT2D eigenvalue weighted by molar-refractivity contribution is 4.93. The third kappa shape index (κ3) is 2.73. The molecule has 1 heterocycles. The number of hydrogen-bond acceptors (Lipinski definition) is 2. The van der Waals surface area contributed by atoms with Crippen LogP contribution in [0.3, 0.4) is 0 Å². The molecule has 1 fully saturated rings. The third-order valence-corrected chi connectivity index (χ3v) is 3.39. The topological polar surface area (TPSA) is 6.48 Å². The Bertz CT molecular complexity index is 188. The predicted molar refractivity (Wildman–Crippen MR) is 67.0 cm³/mol. The lowest BCUT2D eigenvalue weighted by atomic mass is 10.0. The molecule has 1 aliphatic heterocycles. The van der Waals surface area contributed by atoms with Crippen molar-refractivity contribution in [2.24, 2.45) is 0 Å². The molecule has 0 aliphatic carbocycles. The lowest BCUT2D eigenvalue weighted by Crippen LogP contribution is -2.52. The third-order valence-electron chi connectivity index (χ3n) is 3.39. The van der Waals surface area contributed by atoms with Crippen molar-refractivity contribution in [2.45, 2.75) is 72.1 Å². The van der Waals surface area contributed by atoms with Crippen LogP contribution >= 0.6 is 0 Å². The molecule has 0 bridgehead atoms. The second kappa shape index (κ2) is 4.06. The molecular formula is C13H28N2. The maximum atomic E-state index is 2.64. The molecular weight excluding hydrogens is 184 g/mol. The molecule has 0 amide bonds.